The average molecular weight is 248 g/mol. The molecule has 1 saturated carbocycles. The summed E-state index contributed by atoms with van der Waals surface area (Å²) in [6, 6.07) is 0.875. The van der Waals surface area contributed by atoms with E-state index in [4.69, 9.17) is 0 Å². The van der Waals surface area contributed by atoms with Crippen molar-refractivity contribution in [3.63, 3.8) is 0 Å². The highest BCUT2D eigenvalue weighted by Crippen LogP contribution is 2.22. The predicted octanol–water partition coefficient (Wildman–Crippen LogP) is 3.42. The smallest absolute Gasteiger partial charge is 0.0129 e. The Labute approximate surface area is 91.0 Å². The van der Waals surface area contributed by atoms with Crippen molar-refractivity contribution in [3.05, 3.63) is 0 Å². The minimum absolute atomic E-state index is 0.665. The molecule has 1 rings (SSSR count). The van der Waals surface area contributed by atoms with Gasteiger partial charge in [-0.15, -0.1) is 0 Å². The van der Waals surface area contributed by atoms with Crippen molar-refractivity contribution in [1.82, 2.24) is 4.90 Å². The highest BCUT2D eigenvalue weighted by molar-refractivity contribution is 9.09. The minimum atomic E-state index is 0.665. The topological polar surface area (TPSA) is 3.24 Å². The fourth-order valence-electron chi connectivity index (χ4n) is 2.09. The van der Waals surface area contributed by atoms with Gasteiger partial charge in [0.2, 0.25) is 0 Å². The van der Waals surface area contributed by atoms with Gasteiger partial charge in [-0.05, 0) is 32.9 Å². The van der Waals surface area contributed by atoms with E-state index in [1.54, 1.807) is 0 Å². The van der Waals surface area contributed by atoms with Crippen LogP contribution >= 0.6 is 15.9 Å². The summed E-state index contributed by atoms with van der Waals surface area (Å²) < 4.78 is 0. The van der Waals surface area contributed by atoms with E-state index < -0.39 is 0 Å². The molecule has 2 heteroatoms. The van der Waals surface area contributed by atoms with Gasteiger partial charge in [0.1, 0.15) is 0 Å². The van der Waals surface area contributed by atoms with Gasteiger partial charge < -0.3 is 4.90 Å². The number of hydrogen-bond donors (Lipinski definition) is 0. The highest BCUT2D eigenvalue weighted by Gasteiger charge is 2.17. The van der Waals surface area contributed by atoms with Crippen LogP contribution < -0.4 is 0 Å². The molecule has 0 N–H and O–H groups in total. The molecule has 0 saturated heterocycles. The summed E-state index contributed by atoms with van der Waals surface area (Å²) in [5, 5.41) is 0. The highest BCUT2D eigenvalue weighted by atomic mass is 79.9. The zero-order valence-corrected chi connectivity index (χ0v) is 10.5. The summed E-state index contributed by atoms with van der Waals surface area (Å²) in [5.41, 5.74) is 0. The SMILES string of the molecule is CC(Br)CCN(C)C1CCCCC1. The average Bonchev–Trinajstić information content (AvgIpc) is 2.15. The van der Waals surface area contributed by atoms with Gasteiger partial charge in [0.15, 0.2) is 0 Å². The van der Waals surface area contributed by atoms with Crippen LogP contribution in [0.5, 0.6) is 0 Å². The van der Waals surface area contributed by atoms with Gasteiger partial charge >= 0.3 is 0 Å². The number of alkyl halides is 1. The van der Waals surface area contributed by atoms with Gasteiger partial charge in [-0.2, -0.15) is 0 Å². The molecule has 78 valence electrons. The van der Waals surface area contributed by atoms with Crippen LogP contribution in [0.3, 0.4) is 0 Å². The van der Waals surface area contributed by atoms with Crippen LogP contribution in [0.25, 0.3) is 0 Å². The van der Waals surface area contributed by atoms with Crippen LogP contribution in [0.15, 0.2) is 0 Å². The molecule has 0 heterocycles. The third kappa shape index (κ3) is 4.46. The third-order valence-corrected chi connectivity index (χ3v) is 3.54. The van der Waals surface area contributed by atoms with E-state index in [0.717, 1.165) is 6.04 Å². The van der Waals surface area contributed by atoms with Crippen molar-refractivity contribution in [2.45, 2.75) is 56.3 Å². The molecule has 1 fully saturated rings. The van der Waals surface area contributed by atoms with E-state index >= 15 is 0 Å². The molecule has 0 aromatic rings. The van der Waals surface area contributed by atoms with Crippen LogP contribution in [-0.2, 0) is 0 Å². The number of rotatable bonds is 4. The van der Waals surface area contributed by atoms with E-state index in [2.05, 4.69) is 34.8 Å². The van der Waals surface area contributed by atoms with Gasteiger partial charge in [-0.3, -0.25) is 0 Å². The Morgan fingerprint density at radius 1 is 1.31 bits per heavy atom. The summed E-state index contributed by atoms with van der Waals surface area (Å²) in [6.07, 6.45) is 8.46. The number of hydrogen-bond acceptors (Lipinski definition) is 1. The summed E-state index contributed by atoms with van der Waals surface area (Å²) in [5.74, 6) is 0. The first-order chi connectivity index (χ1) is 6.20. The van der Waals surface area contributed by atoms with Crippen LogP contribution in [0.4, 0.5) is 0 Å². The molecule has 0 bridgehead atoms. The third-order valence-electron chi connectivity index (χ3n) is 3.08. The normalized spacial score (nSPS) is 22.2. The summed E-state index contributed by atoms with van der Waals surface area (Å²) in [4.78, 5) is 3.22. The molecular formula is C11H22BrN. The van der Waals surface area contributed by atoms with Crippen LogP contribution in [0, 0.1) is 0 Å². The van der Waals surface area contributed by atoms with Gasteiger partial charge in [0.05, 0.1) is 0 Å². The molecule has 13 heavy (non-hydrogen) atoms. The summed E-state index contributed by atoms with van der Waals surface area (Å²) >= 11 is 3.60. The minimum Gasteiger partial charge on any atom is -0.303 e. The molecule has 0 spiro atoms. The lowest BCUT2D eigenvalue weighted by Crippen LogP contribution is -2.34. The lowest BCUT2D eigenvalue weighted by atomic mass is 9.94. The van der Waals surface area contributed by atoms with Crippen molar-refractivity contribution in [3.8, 4) is 0 Å². The standard InChI is InChI=1S/C11H22BrN/c1-10(12)8-9-13(2)11-6-4-3-5-7-11/h10-11H,3-9H2,1-2H3. The van der Waals surface area contributed by atoms with Crippen LogP contribution in [0.1, 0.15) is 45.4 Å². The molecule has 1 aliphatic rings. The molecule has 0 amide bonds. The number of halogens is 1. The first-order valence-corrected chi connectivity index (χ1v) is 6.46. The number of nitrogens with zero attached hydrogens (tertiary/aromatic N) is 1. The van der Waals surface area contributed by atoms with Crippen LogP contribution in [0.2, 0.25) is 0 Å². The van der Waals surface area contributed by atoms with Gasteiger partial charge in [-0.1, -0.05) is 42.1 Å². The maximum atomic E-state index is 3.60. The largest absolute Gasteiger partial charge is 0.303 e. The molecular weight excluding hydrogens is 226 g/mol. The molecule has 1 atom stereocenters. The Bertz CT molecular complexity index is 130. The first-order valence-electron chi connectivity index (χ1n) is 5.54. The quantitative estimate of drug-likeness (QED) is 0.689. The molecule has 1 nitrogen and oxygen atoms in total. The summed E-state index contributed by atoms with van der Waals surface area (Å²) in [6.45, 7) is 3.48. The van der Waals surface area contributed by atoms with E-state index in [1.165, 1.54) is 45.1 Å². The van der Waals surface area contributed by atoms with E-state index in [9.17, 15) is 0 Å². The van der Waals surface area contributed by atoms with Crippen molar-refractivity contribution in [1.29, 1.82) is 0 Å². The second-order valence-electron chi connectivity index (χ2n) is 4.34. The molecule has 0 aromatic heterocycles. The predicted molar refractivity (Wildman–Crippen MR) is 62.5 cm³/mol. The lowest BCUT2D eigenvalue weighted by molar-refractivity contribution is 0.190. The lowest BCUT2D eigenvalue weighted by Gasteiger charge is -2.31. The van der Waals surface area contributed by atoms with Crippen molar-refractivity contribution in [2.24, 2.45) is 0 Å². The Kier molecular flexibility index (Phi) is 5.34. The Morgan fingerprint density at radius 3 is 2.46 bits per heavy atom. The Morgan fingerprint density at radius 2 is 1.92 bits per heavy atom. The van der Waals surface area contributed by atoms with Crippen molar-refractivity contribution >= 4 is 15.9 Å². The molecule has 1 aliphatic carbocycles. The van der Waals surface area contributed by atoms with Crippen molar-refractivity contribution in [2.75, 3.05) is 13.6 Å². The van der Waals surface area contributed by atoms with Gasteiger partial charge in [0, 0.05) is 10.9 Å². The Balaban J connectivity index is 2.17. The van der Waals surface area contributed by atoms with Crippen molar-refractivity contribution < 1.29 is 0 Å². The monoisotopic (exact) mass is 247 g/mol. The fraction of sp³-hybridized carbons (Fsp3) is 1.00. The zero-order valence-electron chi connectivity index (χ0n) is 8.93. The van der Waals surface area contributed by atoms with E-state index in [0.29, 0.717) is 4.83 Å². The molecule has 0 aromatic carbocycles. The summed E-state index contributed by atoms with van der Waals surface area (Å²) in [7, 11) is 2.28. The van der Waals surface area contributed by atoms with Gasteiger partial charge in [-0.25, -0.2) is 0 Å². The van der Waals surface area contributed by atoms with E-state index in [-0.39, 0.29) is 0 Å². The molecule has 0 aliphatic heterocycles. The Hall–Kier alpha value is 0.440. The van der Waals surface area contributed by atoms with Crippen LogP contribution in [-0.4, -0.2) is 29.4 Å². The maximum Gasteiger partial charge on any atom is 0.0129 e. The fourth-order valence-corrected chi connectivity index (χ4v) is 2.29. The van der Waals surface area contributed by atoms with Gasteiger partial charge in [0.25, 0.3) is 0 Å². The van der Waals surface area contributed by atoms with E-state index in [1.807, 2.05) is 0 Å². The maximum absolute atomic E-state index is 3.60. The second kappa shape index (κ2) is 6.02. The molecule has 1 unspecified atom stereocenters. The first kappa shape index (κ1) is 11.5. The second-order valence-corrected chi connectivity index (χ2v) is 5.91. The molecule has 0 radical (unpaired) electrons. The zero-order chi connectivity index (χ0) is 9.68.